The summed E-state index contributed by atoms with van der Waals surface area (Å²) in [7, 11) is 0. The lowest BCUT2D eigenvalue weighted by atomic mass is 9.99. The molecule has 1 N–H and O–H groups in total. The van der Waals surface area contributed by atoms with Crippen LogP contribution in [-0.4, -0.2) is 11.0 Å². The minimum Gasteiger partial charge on any atom is -0.307 e. The van der Waals surface area contributed by atoms with Gasteiger partial charge in [-0.25, -0.2) is 0 Å². The molecule has 1 rings (SSSR count). The molecule has 0 aliphatic rings. The van der Waals surface area contributed by atoms with Crippen molar-refractivity contribution in [2.75, 3.05) is 0 Å². The summed E-state index contributed by atoms with van der Waals surface area (Å²) in [5.41, 5.74) is 1.26. The number of nitrogens with one attached hydrogen (secondary N) is 1. The summed E-state index contributed by atoms with van der Waals surface area (Å²) >= 11 is 0. The maximum absolute atomic E-state index is 4.14. The van der Waals surface area contributed by atoms with Crippen LogP contribution >= 0.6 is 0 Å². The van der Waals surface area contributed by atoms with Gasteiger partial charge < -0.3 is 5.32 Å². The molecule has 0 aromatic carbocycles. The van der Waals surface area contributed by atoms with Crippen LogP contribution in [0.25, 0.3) is 0 Å². The van der Waals surface area contributed by atoms with Crippen LogP contribution in [0.1, 0.15) is 45.7 Å². The summed E-state index contributed by atoms with van der Waals surface area (Å²) in [6.07, 6.45) is 4.92. The molecule has 1 aromatic rings. The highest BCUT2D eigenvalue weighted by Crippen LogP contribution is 2.15. The van der Waals surface area contributed by atoms with Crippen LogP contribution in [0.15, 0.2) is 24.5 Å². The Hall–Kier alpha value is -0.890. The van der Waals surface area contributed by atoms with E-state index in [1.165, 1.54) is 12.0 Å². The predicted molar refractivity (Wildman–Crippen MR) is 64.7 cm³/mol. The first-order valence-electron chi connectivity index (χ1n) is 5.81. The van der Waals surface area contributed by atoms with Crippen LogP contribution in [0.4, 0.5) is 0 Å². The Morgan fingerprint density at radius 2 is 2.07 bits per heavy atom. The highest BCUT2D eigenvalue weighted by Gasteiger charge is 2.14. The second kappa shape index (κ2) is 5.86. The van der Waals surface area contributed by atoms with E-state index in [1.807, 2.05) is 18.5 Å². The Bertz CT molecular complexity index is 269. The molecule has 2 heteroatoms. The molecule has 0 aliphatic heterocycles. The third-order valence-electron chi connectivity index (χ3n) is 2.89. The van der Waals surface area contributed by atoms with Gasteiger partial charge in [0.05, 0.1) is 0 Å². The lowest BCUT2D eigenvalue weighted by Gasteiger charge is -2.25. The van der Waals surface area contributed by atoms with Gasteiger partial charge in [-0.15, -0.1) is 0 Å². The minimum absolute atomic E-state index is 0.381. The molecule has 2 nitrogen and oxygen atoms in total. The maximum atomic E-state index is 4.14. The fourth-order valence-electron chi connectivity index (χ4n) is 1.83. The molecular formula is C13H22N2. The molecule has 15 heavy (non-hydrogen) atoms. The van der Waals surface area contributed by atoms with Crippen molar-refractivity contribution < 1.29 is 0 Å². The summed E-state index contributed by atoms with van der Waals surface area (Å²) in [5.74, 6) is 0.675. The Morgan fingerprint density at radius 3 is 2.53 bits per heavy atom. The third-order valence-corrected chi connectivity index (χ3v) is 2.89. The zero-order valence-electron chi connectivity index (χ0n) is 10.2. The van der Waals surface area contributed by atoms with Gasteiger partial charge >= 0.3 is 0 Å². The Labute approximate surface area is 93.1 Å². The van der Waals surface area contributed by atoms with Crippen molar-refractivity contribution in [3.05, 3.63) is 30.1 Å². The molecule has 1 heterocycles. The summed E-state index contributed by atoms with van der Waals surface area (Å²) in [5, 5.41) is 3.64. The van der Waals surface area contributed by atoms with Crippen molar-refractivity contribution >= 4 is 0 Å². The number of hydrogen-bond acceptors (Lipinski definition) is 2. The molecule has 0 spiro atoms. The van der Waals surface area contributed by atoms with Crippen LogP contribution in [0, 0.1) is 5.92 Å². The summed E-state index contributed by atoms with van der Waals surface area (Å²) < 4.78 is 0. The van der Waals surface area contributed by atoms with Gasteiger partial charge in [0.1, 0.15) is 0 Å². The van der Waals surface area contributed by atoms with Crippen LogP contribution in [0.5, 0.6) is 0 Å². The Balaban J connectivity index is 2.58. The summed E-state index contributed by atoms with van der Waals surface area (Å²) in [6.45, 7) is 8.95. The van der Waals surface area contributed by atoms with Gasteiger partial charge in [-0.3, -0.25) is 4.98 Å². The first kappa shape index (κ1) is 12.2. The molecule has 0 radical (unpaired) electrons. The number of rotatable bonds is 5. The molecule has 0 bridgehead atoms. The summed E-state index contributed by atoms with van der Waals surface area (Å²) in [4.78, 5) is 4.14. The van der Waals surface area contributed by atoms with E-state index < -0.39 is 0 Å². The van der Waals surface area contributed by atoms with Crippen molar-refractivity contribution in [2.45, 2.75) is 46.2 Å². The molecular weight excluding hydrogens is 184 g/mol. The minimum atomic E-state index is 0.381. The van der Waals surface area contributed by atoms with E-state index in [1.54, 1.807) is 0 Å². The predicted octanol–water partition coefficient (Wildman–Crippen LogP) is 3.17. The van der Waals surface area contributed by atoms with E-state index >= 15 is 0 Å². The topological polar surface area (TPSA) is 24.9 Å². The maximum Gasteiger partial charge on any atom is 0.0315 e. The SMILES string of the molecule is CC[C@@H](N[C@@H](C)c1cccnc1)C(C)C. The molecule has 1 aromatic heterocycles. The summed E-state index contributed by atoms with van der Waals surface area (Å²) in [6, 6.07) is 5.08. The number of hydrogen-bond donors (Lipinski definition) is 1. The zero-order valence-corrected chi connectivity index (χ0v) is 10.2. The first-order chi connectivity index (χ1) is 7.15. The fraction of sp³-hybridized carbons (Fsp3) is 0.615. The number of nitrogens with zero attached hydrogens (tertiary/aromatic N) is 1. The van der Waals surface area contributed by atoms with Crippen molar-refractivity contribution in [2.24, 2.45) is 5.92 Å². The monoisotopic (exact) mass is 206 g/mol. The van der Waals surface area contributed by atoms with E-state index in [0.29, 0.717) is 18.0 Å². The van der Waals surface area contributed by atoms with Crippen molar-refractivity contribution in [1.29, 1.82) is 0 Å². The largest absolute Gasteiger partial charge is 0.307 e. The van der Waals surface area contributed by atoms with Crippen LogP contribution in [-0.2, 0) is 0 Å². The molecule has 0 amide bonds. The second-order valence-electron chi connectivity index (χ2n) is 4.43. The van der Waals surface area contributed by atoms with Crippen molar-refractivity contribution in [1.82, 2.24) is 10.3 Å². The fourth-order valence-corrected chi connectivity index (χ4v) is 1.83. The number of pyridine rings is 1. The standard InChI is InChI=1S/C13H22N2/c1-5-13(10(2)3)15-11(4)12-7-6-8-14-9-12/h6-11,13,15H,5H2,1-4H3/t11-,13+/m0/s1. The first-order valence-corrected chi connectivity index (χ1v) is 5.81. The van der Waals surface area contributed by atoms with Gasteiger partial charge in [0.25, 0.3) is 0 Å². The van der Waals surface area contributed by atoms with Crippen LogP contribution < -0.4 is 5.32 Å². The average Bonchev–Trinajstić information content (AvgIpc) is 2.26. The van der Waals surface area contributed by atoms with Gasteiger partial charge in [0.2, 0.25) is 0 Å². The molecule has 0 unspecified atom stereocenters. The molecule has 84 valence electrons. The lowest BCUT2D eigenvalue weighted by Crippen LogP contribution is -2.35. The molecule has 0 fully saturated rings. The van der Waals surface area contributed by atoms with Gasteiger partial charge in [-0.05, 0) is 30.9 Å². The van der Waals surface area contributed by atoms with Crippen molar-refractivity contribution in [3.8, 4) is 0 Å². The van der Waals surface area contributed by atoms with Crippen molar-refractivity contribution in [3.63, 3.8) is 0 Å². The third kappa shape index (κ3) is 3.63. The lowest BCUT2D eigenvalue weighted by molar-refractivity contribution is 0.355. The van der Waals surface area contributed by atoms with E-state index in [9.17, 15) is 0 Å². The van der Waals surface area contributed by atoms with E-state index in [4.69, 9.17) is 0 Å². The highest BCUT2D eigenvalue weighted by molar-refractivity contribution is 5.12. The highest BCUT2D eigenvalue weighted by atomic mass is 14.9. The zero-order chi connectivity index (χ0) is 11.3. The van der Waals surface area contributed by atoms with Gasteiger partial charge in [-0.2, -0.15) is 0 Å². The van der Waals surface area contributed by atoms with Crippen LogP contribution in [0.2, 0.25) is 0 Å². The van der Waals surface area contributed by atoms with E-state index in [-0.39, 0.29) is 0 Å². The number of aromatic nitrogens is 1. The molecule has 0 aliphatic carbocycles. The van der Waals surface area contributed by atoms with E-state index in [2.05, 4.69) is 44.1 Å². The second-order valence-corrected chi connectivity index (χ2v) is 4.43. The Kier molecular flexibility index (Phi) is 4.76. The Morgan fingerprint density at radius 1 is 1.33 bits per heavy atom. The van der Waals surface area contributed by atoms with Gasteiger partial charge in [0.15, 0.2) is 0 Å². The smallest absolute Gasteiger partial charge is 0.0315 e. The molecule has 0 saturated carbocycles. The van der Waals surface area contributed by atoms with E-state index in [0.717, 1.165) is 0 Å². The molecule has 2 atom stereocenters. The van der Waals surface area contributed by atoms with Gasteiger partial charge in [0, 0.05) is 24.5 Å². The van der Waals surface area contributed by atoms with Gasteiger partial charge in [-0.1, -0.05) is 26.8 Å². The normalized spacial score (nSPS) is 15.3. The quantitative estimate of drug-likeness (QED) is 0.800. The van der Waals surface area contributed by atoms with Crippen LogP contribution in [0.3, 0.4) is 0 Å². The molecule has 0 saturated heterocycles. The average molecular weight is 206 g/mol.